The molecule has 1 aliphatic heterocycles. The lowest BCUT2D eigenvalue weighted by atomic mass is 9.91. The minimum Gasteiger partial charge on any atom is -0.370 e. The van der Waals surface area contributed by atoms with Crippen molar-refractivity contribution in [2.45, 2.75) is 35.2 Å². The van der Waals surface area contributed by atoms with Gasteiger partial charge in [-0.1, -0.05) is 41.0 Å². The number of aromatic nitrogens is 2. The van der Waals surface area contributed by atoms with Crippen molar-refractivity contribution in [1.29, 1.82) is 0 Å². The normalized spacial score (nSPS) is 17.0. The molecule has 136 valence electrons. The Labute approximate surface area is 167 Å². The van der Waals surface area contributed by atoms with Crippen molar-refractivity contribution < 1.29 is 0 Å². The number of nitrogens with zero attached hydrogens (tertiary/aromatic N) is 3. The van der Waals surface area contributed by atoms with Gasteiger partial charge in [0.25, 0.3) is 0 Å². The summed E-state index contributed by atoms with van der Waals surface area (Å²) in [4.78, 5) is 3.31. The molecule has 2 N–H and O–H groups in total. The third-order valence-electron chi connectivity index (χ3n) is 4.87. The predicted octanol–water partition coefficient (Wildman–Crippen LogP) is 5.11. The number of nitrogens with two attached hydrogens (primary N) is 1. The fourth-order valence-electron chi connectivity index (χ4n) is 3.26. The van der Waals surface area contributed by atoms with Crippen molar-refractivity contribution in [2.24, 2.45) is 5.73 Å². The van der Waals surface area contributed by atoms with Gasteiger partial charge in [-0.25, -0.2) is 4.52 Å². The molecule has 4 rings (SSSR count). The summed E-state index contributed by atoms with van der Waals surface area (Å²) < 4.78 is 1.97. The van der Waals surface area contributed by atoms with Crippen LogP contribution in [0.5, 0.6) is 0 Å². The van der Waals surface area contributed by atoms with Gasteiger partial charge < -0.3 is 10.6 Å². The second-order valence-corrected chi connectivity index (χ2v) is 8.83. The SMILES string of the molecule is CC1(N)CCN(c2ccc(Sc3cccc(Cl)c3Cl)n3nccc23)CC1. The molecule has 1 fully saturated rings. The van der Waals surface area contributed by atoms with Crippen LogP contribution in [-0.2, 0) is 0 Å². The van der Waals surface area contributed by atoms with Gasteiger partial charge in [0.2, 0.25) is 0 Å². The highest BCUT2D eigenvalue weighted by Gasteiger charge is 2.27. The molecular weight excluding hydrogens is 387 g/mol. The van der Waals surface area contributed by atoms with Gasteiger partial charge in [0, 0.05) is 23.5 Å². The summed E-state index contributed by atoms with van der Waals surface area (Å²) in [7, 11) is 0. The second-order valence-electron chi connectivity index (χ2n) is 6.98. The van der Waals surface area contributed by atoms with Crippen LogP contribution in [-0.4, -0.2) is 28.2 Å². The Kier molecular flexibility index (Phi) is 4.82. The largest absolute Gasteiger partial charge is 0.370 e. The van der Waals surface area contributed by atoms with Gasteiger partial charge in [-0.3, -0.25) is 0 Å². The summed E-state index contributed by atoms with van der Waals surface area (Å²) in [5.41, 5.74) is 8.50. The zero-order valence-corrected chi connectivity index (χ0v) is 16.8. The highest BCUT2D eigenvalue weighted by molar-refractivity contribution is 7.99. The molecule has 0 aliphatic carbocycles. The number of benzene rings is 1. The number of hydrogen-bond acceptors (Lipinski definition) is 4. The number of hydrogen-bond donors (Lipinski definition) is 1. The molecule has 1 aliphatic rings. The van der Waals surface area contributed by atoms with Crippen LogP contribution >= 0.6 is 35.0 Å². The number of rotatable bonds is 3. The van der Waals surface area contributed by atoms with E-state index in [-0.39, 0.29) is 5.54 Å². The summed E-state index contributed by atoms with van der Waals surface area (Å²) in [6.07, 6.45) is 3.81. The molecule has 26 heavy (non-hydrogen) atoms. The van der Waals surface area contributed by atoms with Crippen LogP contribution in [0.3, 0.4) is 0 Å². The number of piperidine rings is 1. The molecule has 3 aromatic rings. The summed E-state index contributed by atoms with van der Waals surface area (Å²) in [6.45, 7) is 4.05. The molecule has 0 amide bonds. The van der Waals surface area contributed by atoms with Gasteiger partial charge in [-0.2, -0.15) is 5.10 Å². The van der Waals surface area contributed by atoms with Crippen molar-refractivity contribution in [3.05, 3.63) is 52.6 Å². The average molecular weight is 407 g/mol. The van der Waals surface area contributed by atoms with Crippen LogP contribution in [0.1, 0.15) is 19.8 Å². The standard InChI is InChI=1S/C19H20Cl2N4S/c1-19(22)8-11-24(12-9-19)14-5-6-17(25-15(14)7-10-23-25)26-16-4-2-3-13(20)18(16)21/h2-7,10H,8-9,11-12,22H2,1H3. The predicted molar refractivity (Wildman–Crippen MR) is 110 cm³/mol. The van der Waals surface area contributed by atoms with Crippen molar-refractivity contribution in [2.75, 3.05) is 18.0 Å². The third-order valence-corrected chi connectivity index (χ3v) is 6.88. The third kappa shape index (κ3) is 3.41. The van der Waals surface area contributed by atoms with Gasteiger partial charge in [0.15, 0.2) is 0 Å². The van der Waals surface area contributed by atoms with Crippen LogP contribution in [0.15, 0.2) is 52.5 Å². The van der Waals surface area contributed by atoms with Gasteiger partial charge >= 0.3 is 0 Å². The smallest absolute Gasteiger partial charge is 0.103 e. The number of anilines is 1. The monoisotopic (exact) mass is 406 g/mol. The van der Waals surface area contributed by atoms with E-state index in [1.807, 2.05) is 22.8 Å². The quantitative estimate of drug-likeness (QED) is 0.656. The van der Waals surface area contributed by atoms with E-state index >= 15 is 0 Å². The molecule has 0 bridgehead atoms. The van der Waals surface area contributed by atoms with Gasteiger partial charge in [0.1, 0.15) is 5.03 Å². The van der Waals surface area contributed by atoms with E-state index in [9.17, 15) is 0 Å². The Hall–Kier alpha value is -1.40. The summed E-state index contributed by atoms with van der Waals surface area (Å²) >= 11 is 14.1. The highest BCUT2D eigenvalue weighted by Crippen LogP contribution is 2.38. The van der Waals surface area contributed by atoms with Crippen molar-refractivity contribution in [1.82, 2.24) is 9.61 Å². The van der Waals surface area contributed by atoms with E-state index in [4.69, 9.17) is 28.9 Å². The Morgan fingerprint density at radius 3 is 2.65 bits per heavy atom. The Bertz CT molecular complexity index is 944. The molecule has 0 radical (unpaired) electrons. The lowest BCUT2D eigenvalue weighted by Crippen LogP contribution is -2.48. The second kappa shape index (κ2) is 6.97. The zero-order valence-electron chi connectivity index (χ0n) is 14.5. The van der Waals surface area contributed by atoms with E-state index in [1.165, 1.54) is 5.69 Å². The van der Waals surface area contributed by atoms with E-state index in [2.05, 4.69) is 35.1 Å². The van der Waals surface area contributed by atoms with Gasteiger partial charge in [-0.05, 0) is 50.1 Å². The first kappa shape index (κ1) is 18.0. The fraction of sp³-hybridized carbons (Fsp3) is 0.316. The van der Waals surface area contributed by atoms with Crippen molar-refractivity contribution in [3.63, 3.8) is 0 Å². The molecular formula is C19H20Cl2N4S. The minimum absolute atomic E-state index is 0.0633. The molecule has 3 heterocycles. The van der Waals surface area contributed by atoms with Gasteiger partial charge in [-0.15, -0.1) is 0 Å². The van der Waals surface area contributed by atoms with E-state index < -0.39 is 0 Å². The lowest BCUT2D eigenvalue weighted by Gasteiger charge is -2.38. The maximum absolute atomic E-state index is 6.35. The van der Waals surface area contributed by atoms with Crippen molar-refractivity contribution in [3.8, 4) is 0 Å². The van der Waals surface area contributed by atoms with E-state index in [0.717, 1.165) is 41.4 Å². The first-order chi connectivity index (χ1) is 12.4. The first-order valence-corrected chi connectivity index (χ1v) is 10.1. The number of fused-ring (bicyclic) bond motifs is 1. The van der Waals surface area contributed by atoms with Crippen LogP contribution in [0, 0.1) is 0 Å². The van der Waals surface area contributed by atoms with Crippen LogP contribution in [0.25, 0.3) is 5.52 Å². The molecule has 0 atom stereocenters. The zero-order chi connectivity index (χ0) is 18.3. The van der Waals surface area contributed by atoms with E-state index in [1.54, 1.807) is 17.8 Å². The Balaban J connectivity index is 1.67. The first-order valence-electron chi connectivity index (χ1n) is 8.57. The molecule has 0 unspecified atom stereocenters. The average Bonchev–Trinajstić information content (AvgIpc) is 3.10. The summed E-state index contributed by atoms with van der Waals surface area (Å²) in [5.74, 6) is 0. The maximum atomic E-state index is 6.35. The topological polar surface area (TPSA) is 46.6 Å². The molecule has 0 spiro atoms. The molecule has 1 saturated heterocycles. The van der Waals surface area contributed by atoms with E-state index in [0.29, 0.717) is 10.0 Å². The number of halogens is 2. The number of pyridine rings is 1. The fourth-order valence-corrected chi connectivity index (χ4v) is 4.67. The Morgan fingerprint density at radius 2 is 1.88 bits per heavy atom. The maximum Gasteiger partial charge on any atom is 0.103 e. The minimum atomic E-state index is -0.0633. The Morgan fingerprint density at radius 1 is 1.12 bits per heavy atom. The molecule has 0 saturated carbocycles. The van der Waals surface area contributed by atoms with Crippen LogP contribution in [0.4, 0.5) is 5.69 Å². The summed E-state index contributed by atoms with van der Waals surface area (Å²) in [6, 6.07) is 12.0. The van der Waals surface area contributed by atoms with Gasteiger partial charge in [0.05, 0.1) is 27.4 Å². The summed E-state index contributed by atoms with van der Waals surface area (Å²) in [5, 5.41) is 6.65. The van der Waals surface area contributed by atoms with Crippen molar-refractivity contribution >= 4 is 46.2 Å². The highest BCUT2D eigenvalue weighted by atomic mass is 35.5. The lowest BCUT2D eigenvalue weighted by molar-refractivity contribution is 0.364. The van der Waals surface area contributed by atoms with Crippen LogP contribution < -0.4 is 10.6 Å². The molecule has 1 aromatic carbocycles. The molecule has 7 heteroatoms. The van der Waals surface area contributed by atoms with Crippen LogP contribution in [0.2, 0.25) is 10.0 Å². The molecule has 4 nitrogen and oxygen atoms in total. The molecule has 2 aromatic heterocycles.